The maximum atomic E-state index is 2.44. The number of halogens is 4. The van der Waals surface area contributed by atoms with Gasteiger partial charge >= 0.3 is 269 Å². The van der Waals surface area contributed by atoms with Crippen molar-refractivity contribution in [3.05, 3.63) is 123 Å². The van der Waals surface area contributed by atoms with E-state index < -0.39 is 46.5 Å². The Hall–Kier alpha value is -0.194. The zero-order chi connectivity index (χ0) is 29.0. The third-order valence-electron chi connectivity index (χ3n) is 10.3. The van der Waals surface area contributed by atoms with E-state index >= 15 is 0 Å². The fourth-order valence-electron chi connectivity index (χ4n) is 6.80. The molecule has 0 aliphatic heterocycles. The van der Waals surface area contributed by atoms with E-state index in [1.807, 2.05) is 0 Å². The molecule has 232 valence electrons. The average Bonchev–Trinajstić information content (AvgIpc) is 3.61. The SMILES string of the molecule is C1=C[CH]([Zr+2][CH]2C=Cc3ccccc32)c2ccccc21.CC1=C(C)C(C)(C)[C]([Zr+2][C]2=C(C)C(C)=C(C)C2(C)C)=C1C.[Cl-].[Cl-].[Cl-].[Cl-]. The van der Waals surface area contributed by atoms with Crippen molar-refractivity contribution in [3.63, 3.8) is 0 Å². The van der Waals surface area contributed by atoms with Crippen LogP contribution in [0, 0.1) is 10.8 Å². The number of benzene rings is 2. The van der Waals surface area contributed by atoms with Gasteiger partial charge in [0.05, 0.1) is 0 Å². The summed E-state index contributed by atoms with van der Waals surface area (Å²) in [5, 5.41) is 0. The maximum Gasteiger partial charge on any atom is -1.00 e. The standard InChI is InChI=1S/2C10H15.2C9H7.4ClH.2Zr/c2*1-7-6-10(4,5)9(3)8(7)2;2*1-2-5-9-7-3-6-8(9)4-1;;;;;;/h2*1-5H3;2*1-7H;4*1H;;/q;;;;;;;;2*+2/p-4. The monoisotopic (exact) mass is 820 g/mol. The molecule has 0 spiro atoms. The van der Waals surface area contributed by atoms with Gasteiger partial charge in [0.25, 0.3) is 0 Å². The smallest absolute Gasteiger partial charge is 1.00 e. The summed E-state index contributed by atoms with van der Waals surface area (Å²) >= 11 is -1.27. The first-order valence-electron chi connectivity index (χ1n) is 14.7. The van der Waals surface area contributed by atoms with Gasteiger partial charge < -0.3 is 49.6 Å². The molecular weight excluding hydrogens is 781 g/mol. The van der Waals surface area contributed by atoms with Gasteiger partial charge in [-0.2, -0.15) is 0 Å². The topological polar surface area (TPSA) is 0 Å². The summed E-state index contributed by atoms with van der Waals surface area (Å²) in [6, 6.07) is 17.7. The predicted octanol–water partition coefficient (Wildman–Crippen LogP) is -1.01. The molecule has 0 nitrogen and oxygen atoms in total. The van der Waals surface area contributed by atoms with Crippen LogP contribution in [0.1, 0.15) is 98.7 Å². The Balaban J connectivity index is 0.000000404. The molecule has 0 amide bonds. The number of allylic oxidation sites excluding steroid dienone is 10. The quantitative estimate of drug-likeness (QED) is 0.372. The predicted molar refractivity (Wildman–Crippen MR) is 166 cm³/mol. The van der Waals surface area contributed by atoms with E-state index in [0.717, 1.165) is 7.25 Å². The third kappa shape index (κ3) is 7.58. The van der Waals surface area contributed by atoms with Crippen molar-refractivity contribution >= 4 is 12.2 Å². The van der Waals surface area contributed by atoms with Crippen molar-refractivity contribution in [2.24, 2.45) is 10.8 Å². The number of rotatable bonds is 4. The molecule has 2 unspecified atom stereocenters. The van der Waals surface area contributed by atoms with Crippen molar-refractivity contribution in [2.45, 2.75) is 76.5 Å². The molecule has 2 atom stereocenters. The van der Waals surface area contributed by atoms with Crippen molar-refractivity contribution < 1.29 is 96.1 Å². The van der Waals surface area contributed by atoms with Crippen LogP contribution in [0.5, 0.6) is 0 Å². The molecule has 2 aromatic carbocycles. The van der Waals surface area contributed by atoms with Crippen LogP contribution in [-0.4, -0.2) is 0 Å². The fraction of sp³-hybridized carbons (Fsp3) is 0.368. The fourth-order valence-corrected chi connectivity index (χ4v) is 15.9. The molecule has 0 saturated heterocycles. The van der Waals surface area contributed by atoms with Crippen LogP contribution < -0.4 is 49.6 Å². The molecule has 0 saturated carbocycles. The van der Waals surface area contributed by atoms with Gasteiger partial charge in [-0.3, -0.25) is 0 Å². The molecular formula is C38H44Cl4Zr2. The number of hydrogen-bond donors (Lipinski definition) is 0. The average molecular weight is 825 g/mol. The molecule has 0 N–H and O–H groups in total. The minimum absolute atomic E-state index is 0. The van der Waals surface area contributed by atoms with Crippen molar-refractivity contribution in [1.82, 2.24) is 0 Å². The van der Waals surface area contributed by atoms with Crippen LogP contribution in [0.15, 0.2) is 101 Å². The van der Waals surface area contributed by atoms with E-state index in [1.165, 1.54) is 11.1 Å². The summed E-state index contributed by atoms with van der Waals surface area (Å²) in [7, 11) is 0. The first-order chi connectivity index (χ1) is 18.9. The largest absolute Gasteiger partial charge is 1.00 e. The van der Waals surface area contributed by atoms with E-state index in [-0.39, 0.29) is 60.5 Å². The summed E-state index contributed by atoms with van der Waals surface area (Å²) in [5.74, 6) is 0. The molecule has 4 aliphatic carbocycles. The first-order valence-corrected chi connectivity index (χ1v) is 20.0. The summed E-state index contributed by atoms with van der Waals surface area (Å²) in [5.41, 5.74) is 16.0. The second-order valence-corrected chi connectivity index (χ2v) is 19.9. The Kier molecular flexibility index (Phi) is 15.5. The van der Waals surface area contributed by atoms with Crippen molar-refractivity contribution in [3.8, 4) is 0 Å². The molecule has 0 radical (unpaired) electrons. The van der Waals surface area contributed by atoms with Crippen molar-refractivity contribution in [1.29, 1.82) is 0 Å². The van der Waals surface area contributed by atoms with Gasteiger partial charge in [0.1, 0.15) is 0 Å². The summed E-state index contributed by atoms with van der Waals surface area (Å²) < 4.78 is 5.07. The van der Waals surface area contributed by atoms with Gasteiger partial charge in [0.2, 0.25) is 0 Å². The third-order valence-corrected chi connectivity index (χ3v) is 20.7. The molecule has 0 bridgehead atoms. The Labute approximate surface area is 315 Å². The molecule has 6 rings (SSSR count). The molecule has 0 aromatic heterocycles. The Bertz CT molecular complexity index is 1450. The zero-order valence-electron chi connectivity index (χ0n) is 27.6. The van der Waals surface area contributed by atoms with Crippen LogP contribution >= 0.6 is 0 Å². The van der Waals surface area contributed by atoms with Gasteiger partial charge in [0, 0.05) is 0 Å². The normalized spacial score (nSPS) is 21.2. The second-order valence-electron chi connectivity index (χ2n) is 13.0. The van der Waals surface area contributed by atoms with E-state index in [2.05, 4.69) is 142 Å². The maximum absolute atomic E-state index is 2.44. The Morgan fingerprint density at radius 3 is 1.16 bits per heavy atom. The molecule has 2 aromatic rings. The van der Waals surface area contributed by atoms with Gasteiger partial charge in [-0.25, -0.2) is 0 Å². The van der Waals surface area contributed by atoms with Crippen LogP contribution in [0.2, 0.25) is 0 Å². The van der Waals surface area contributed by atoms with Gasteiger partial charge in [-0.1, -0.05) is 0 Å². The molecule has 44 heavy (non-hydrogen) atoms. The van der Waals surface area contributed by atoms with Crippen molar-refractivity contribution in [2.75, 3.05) is 0 Å². The molecule has 0 heterocycles. The van der Waals surface area contributed by atoms with Gasteiger partial charge in [0.15, 0.2) is 0 Å². The number of fused-ring (bicyclic) bond motifs is 2. The summed E-state index contributed by atoms with van der Waals surface area (Å²) in [6.45, 7) is 23.7. The Morgan fingerprint density at radius 2 is 0.841 bits per heavy atom. The molecule has 4 aliphatic rings. The zero-order valence-corrected chi connectivity index (χ0v) is 35.5. The van der Waals surface area contributed by atoms with E-state index in [9.17, 15) is 0 Å². The minimum Gasteiger partial charge on any atom is -1.00 e. The van der Waals surface area contributed by atoms with E-state index in [4.69, 9.17) is 0 Å². The number of hydrogen-bond acceptors (Lipinski definition) is 0. The van der Waals surface area contributed by atoms with Crippen LogP contribution in [0.3, 0.4) is 0 Å². The second kappa shape index (κ2) is 16.3. The van der Waals surface area contributed by atoms with E-state index in [1.54, 1.807) is 51.1 Å². The van der Waals surface area contributed by atoms with Gasteiger partial charge in [-0.05, 0) is 0 Å². The van der Waals surface area contributed by atoms with E-state index in [0.29, 0.717) is 0 Å². The van der Waals surface area contributed by atoms with Crippen LogP contribution in [0.25, 0.3) is 12.2 Å². The first kappa shape index (κ1) is 41.8. The van der Waals surface area contributed by atoms with Crippen LogP contribution in [0.4, 0.5) is 0 Å². The molecule has 0 fully saturated rings. The Morgan fingerprint density at radius 1 is 0.500 bits per heavy atom. The summed E-state index contributed by atoms with van der Waals surface area (Å²) in [4.78, 5) is 0. The summed E-state index contributed by atoms with van der Waals surface area (Å²) in [6.07, 6.45) is 9.49. The van der Waals surface area contributed by atoms with Gasteiger partial charge in [-0.15, -0.1) is 0 Å². The van der Waals surface area contributed by atoms with Crippen LogP contribution in [-0.2, 0) is 46.5 Å². The molecule has 6 heteroatoms. The minimum atomic E-state index is -0.730.